The molecule has 0 fully saturated rings. The van der Waals surface area contributed by atoms with Crippen molar-refractivity contribution in [3.63, 3.8) is 0 Å². The number of hydrogen-bond donors (Lipinski definition) is 1. The van der Waals surface area contributed by atoms with E-state index in [-0.39, 0.29) is 11.9 Å². The second-order valence-corrected chi connectivity index (χ2v) is 5.53. The third kappa shape index (κ3) is 2.74. The number of halogens is 2. The Bertz CT molecular complexity index is 518. The fraction of sp³-hybridized carbons (Fsp3) is 0.286. The number of thiophene rings is 1. The van der Waals surface area contributed by atoms with Gasteiger partial charge in [-0.3, -0.25) is 0 Å². The number of benzene rings is 1. The fourth-order valence-corrected chi connectivity index (χ4v) is 3.25. The molecule has 1 nitrogen and oxygen atoms in total. The first-order valence-corrected chi connectivity index (χ1v) is 7.14. The van der Waals surface area contributed by atoms with E-state index in [1.807, 2.05) is 5.38 Å². The molecule has 18 heavy (non-hydrogen) atoms. The van der Waals surface area contributed by atoms with Gasteiger partial charge in [-0.1, -0.05) is 24.6 Å². The van der Waals surface area contributed by atoms with Crippen LogP contribution >= 0.6 is 22.9 Å². The highest BCUT2D eigenvalue weighted by molar-refractivity contribution is 7.10. The van der Waals surface area contributed by atoms with Gasteiger partial charge in [0.15, 0.2) is 0 Å². The highest BCUT2D eigenvalue weighted by atomic mass is 35.5. The van der Waals surface area contributed by atoms with E-state index in [2.05, 4.69) is 13.0 Å². The van der Waals surface area contributed by atoms with E-state index in [4.69, 9.17) is 17.3 Å². The van der Waals surface area contributed by atoms with E-state index in [1.54, 1.807) is 23.5 Å². The van der Waals surface area contributed by atoms with Crippen molar-refractivity contribution in [1.82, 2.24) is 0 Å². The lowest BCUT2D eigenvalue weighted by atomic mass is 10.0. The maximum atomic E-state index is 13.7. The Balaban J connectivity index is 2.24. The Labute approximate surface area is 115 Å². The van der Waals surface area contributed by atoms with Gasteiger partial charge in [-0.25, -0.2) is 4.39 Å². The zero-order valence-corrected chi connectivity index (χ0v) is 11.7. The number of rotatable bonds is 4. The first-order chi connectivity index (χ1) is 8.63. The Kier molecular flexibility index (Phi) is 4.38. The van der Waals surface area contributed by atoms with Crippen LogP contribution < -0.4 is 5.73 Å². The lowest BCUT2D eigenvalue weighted by molar-refractivity contribution is 0.594. The summed E-state index contributed by atoms with van der Waals surface area (Å²) >= 11 is 7.64. The summed E-state index contributed by atoms with van der Waals surface area (Å²) in [6.07, 6.45) is 1.37. The van der Waals surface area contributed by atoms with Gasteiger partial charge < -0.3 is 5.73 Å². The molecule has 1 unspecified atom stereocenters. The maximum Gasteiger partial charge on any atom is 0.127 e. The molecule has 1 heterocycles. The molecule has 1 aromatic heterocycles. The molecular weight excluding hydrogens is 269 g/mol. The van der Waals surface area contributed by atoms with Gasteiger partial charge in [-0.15, -0.1) is 11.3 Å². The van der Waals surface area contributed by atoms with Gasteiger partial charge in [0.2, 0.25) is 0 Å². The van der Waals surface area contributed by atoms with Gasteiger partial charge in [0.05, 0.1) is 0 Å². The second kappa shape index (κ2) is 5.83. The second-order valence-electron chi connectivity index (χ2n) is 4.17. The van der Waals surface area contributed by atoms with Crippen LogP contribution in [0.15, 0.2) is 29.6 Å². The highest BCUT2D eigenvalue weighted by Gasteiger charge is 2.16. The quantitative estimate of drug-likeness (QED) is 0.887. The summed E-state index contributed by atoms with van der Waals surface area (Å²) in [5, 5.41) is 2.47. The van der Waals surface area contributed by atoms with Gasteiger partial charge in [0, 0.05) is 21.5 Å². The maximum absolute atomic E-state index is 13.7. The van der Waals surface area contributed by atoms with E-state index >= 15 is 0 Å². The standard InChI is InChI=1S/C14H15ClFNS/c1-2-9-6-7-18-14(9)13(17)8-10-11(15)4-3-5-12(10)16/h3-7,13H,2,8,17H2,1H3. The van der Waals surface area contributed by atoms with Crippen molar-refractivity contribution in [1.29, 1.82) is 0 Å². The Morgan fingerprint density at radius 3 is 2.83 bits per heavy atom. The van der Waals surface area contributed by atoms with Crippen molar-refractivity contribution in [3.05, 3.63) is 56.5 Å². The zero-order chi connectivity index (χ0) is 13.1. The number of nitrogens with two attached hydrogens (primary N) is 1. The van der Waals surface area contributed by atoms with Crippen LogP contribution in [0.3, 0.4) is 0 Å². The smallest absolute Gasteiger partial charge is 0.127 e. The van der Waals surface area contributed by atoms with Gasteiger partial charge in [-0.05, 0) is 42.0 Å². The monoisotopic (exact) mass is 283 g/mol. The van der Waals surface area contributed by atoms with Crippen molar-refractivity contribution < 1.29 is 4.39 Å². The van der Waals surface area contributed by atoms with Crippen molar-refractivity contribution >= 4 is 22.9 Å². The molecule has 1 aromatic carbocycles. The predicted molar refractivity (Wildman–Crippen MR) is 75.7 cm³/mol. The van der Waals surface area contributed by atoms with Gasteiger partial charge in [0.25, 0.3) is 0 Å². The first kappa shape index (κ1) is 13.5. The van der Waals surface area contributed by atoms with Crippen LogP contribution in [0.2, 0.25) is 5.02 Å². The van der Waals surface area contributed by atoms with E-state index in [1.165, 1.54) is 11.6 Å². The van der Waals surface area contributed by atoms with Crippen molar-refractivity contribution in [2.75, 3.05) is 0 Å². The molecule has 1 atom stereocenters. The van der Waals surface area contributed by atoms with E-state index in [9.17, 15) is 4.39 Å². The van der Waals surface area contributed by atoms with Crippen LogP contribution in [0, 0.1) is 5.82 Å². The molecule has 0 saturated carbocycles. The molecule has 0 aliphatic carbocycles. The highest BCUT2D eigenvalue weighted by Crippen LogP contribution is 2.29. The molecule has 0 spiro atoms. The van der Waals surface area contributed by atoms with Crippen molar-refractivity contribution in [2.24, 2.45) is 5.73 Å². The molecule has 96 valence electrons. The summed E-state index contributed by atoms with van der Waals surface area (Å²) in [6, 6.07) is 6.60. The Morgan fingerprint density at radius 2 is 2.17 bits per heavy atom. The summed E-state index contributed by atoms with van der Waals surface area (Å²) in [5.74, 6) is -0.285. The molecule has 0 amide bonds. The van der Waals surface area contributed by atoms with E-state index in [0.717, 1.165) is 11.3 Å². The first-order valence-electron chi connectivity index (χ1n) is 5.88. The Hall–Kier alpha value is -0.900. The summed E-state index contributed by atoms with van der Waals surface area (Å²) in [7, 11) is 0. The average Bonchev–Trinajstić information content (AvgIpc) is 2.82. The minimum Gasteiger partial charge on any atom is -0.323 e. The molecule has 4 heteroatoms. The summed E-state index contributed by atoms with van der Waals surface area (Å²) in [4.78, 5) is 1.12. The number of aryl methyl sites for hydroxylation is 1. The molecule has 0 aliphatic heterocycles. The summed E-state index contributed by atoms with van der Waals surface area (Å²) in [6.45, 7) is 2.09. The van der Waals surface area contributed by atoms with Crippen LogP contribution in [0.25, 0.3) is 0 Å². The molecule has 0 bridgehead atoms. The summed E-state index contributed by atoms with van der Waals surface area (Å²) in [5.41, 5.74) is 7.91. The molecule has 2 rings (SSSR count). The van der Waals surface area contributed by atoms with Crippen LogP contribution in [0.5, 0.6) is 0 Å². The predicted octanol–water partition coefficient (Wildman–Crippen LogP) is 4.35. The van der Waals surface area contributed by atoms with Gasteiger partial charge in [-0.2, -0.15) is 0 Å². The topological polar surface area (TPSA) is 26.0 Å². The van der Waals surface area contributed by atoms with Gasteiger partial charge >= 0.3 is 0 Å². The van der Waals surface area contributed by atoms with Crippen LogP contribution in [-0.2, 0) is 12.8 Å². The Morgan fingerprint density at radius 1 is 1.39 bits per heavy atom. The normalized spacial score (nSPS) is 12.7. The van der Waals surface area contributed by atoms with E-state index < -0.39 is 0 Å². The SMILES string of the molecule is CCc1ccsc1C(N)Cc1c(F)cccc1Cl. The molecule has 2 N–H and O–H groups in total. The average molecular weight is 284 g/mol. The molecular formula is C14H15ClFNS. The molecule has 0 radical (unpaired) electrons. The van der Waals surface area contributed by atoms with Crippen molar-refractivity contribution in [3.8, 4) is 0 Å². The fourth-order valence-electron chi connectivity index (χ4n) is 2.00. The number of hydrogen-bond acceptors (Lipinski definition) is 2. The minimum absolute atomic E-state index is 0.200. The third-order valence-corrected chi connectivity index (χ3v) is 4.43. The van der Waals surface area contributed by atoms with Crippen molar-refractivity contribution in [2.45, 2.75) is 25.8 Å². The minimum atomic E-state index is -0.285. The van der Waals surface area contributed by atoms with E-state index in [0.29, 0.717) is 17.0 Å². The van der Waals surface area contributed by atoms with Gasteiger partial charge in [0.1, 0.15) is 5.82 Å². The largest absolute Gasteiger partial charge is 0.323 e. The molecule has 2 aromatic rings. The van der Waals surface area contributed by atoms with Crippen LogP contribution in [0.1, 0.15) is 29.0 Å². The lowest BCUT2D eigenvalue weighted by Crippen LogP contribution is -2.14. The third-order valence-electron chi connectivity index (χ3n) is 2.98. The molecule has 0 saturated heterocycles. The zero-order valence-electron chi connectivity index (χ0n) is 10.1. The van der Waals surface area contributed by atoms with Crippen LogP contribution in [-0.4, -0.2) is 0 Å². The van der Waals surface area contributed by atoms with Crippen LogP contribution in [0.4, 0.5) is 4.39 Å². The lowest BCUT2D eigenvalue weighted by Gasteiger charge is -2.13. The molecule has 0 aliphatic rings. The summed E-state index contributed by atoms with van der Waals surface area (Å²) < 4.78 is 13.7.